The molecule has 5 heteroatoms. The van der Waals surface area contributed by atoms with Crippen molar-refractivity contribution in [2.75, 3.05) is 19.7 Å². The monoisotopic (exact) mass is 443 g/mol. The minimum atomic E-state index is 0.0507. The zero-order chi connectivity index (χ0) is 22.8. The molecule has 0 aromatic heterocycles. The summed E-state index contributed by atoms with van der Waals surface area (Å²) in [6.45, 7) is 4.67. The van der Waals surface area contributed by atoms with Gasteiger partial charge in [0.05, 0.1) is 0 Å². The second-order valence-electron chi connectivity index (χ2n) is 8.71. The quantitative estimate of drug-likeness (QED) is 0.533. The highest BCUT2D eigenvalue weighted by molar-refractivity contribution is 6.01. The number of rotatable bonds is 5. The third-order valence-corrected chi connectivity index (χ3v) is 6.48. The van der Waals surface area contributed by atoms with Crippen molar-refractivity contribution in [2.45, 2.75) is 32.4 Å². The van der Waals surface area contributed by atoms with Crippen LogP contribution in [0, 0.1) is 0 Å². The van der Waals surface area contributed by atoms with E-state index in [0.29, 0.717) is 12.4 Å². The number of ether oxygens (including phenoxy) is 2. The molecule has 3 aromatic carbocycles. The summed E-state index contributed by atoms with van der Waals surface area (Å²) in [4.78, 5) is 2.39. The van der Waals surface area contributed by atoms with E-state index < -0.39 is 0 Å². The second kappa shape index (κ2) is 9.20. The molecule has 2 aliphatic rings. The van der Waals surface area contributed by atoms with Gasteiger partial charge in [-0.05, 0) is 72.9 Å². The first-order valence-electron chi connectivity index (χ1n) is 11.6. The molecule has 0 amide bonds. The van der Waals surface area contributed by atoms with Gasteiger partial charge in [0, 0.05) is 30.3 Å². The Kier molecular flexibility index (Phi) is 5.97. The van der Waals surface area contributed by atoms with Crippen LogP contribution in [0.2, 0.25) is 0 Å². The molecule has 170 valence electrons. The average Bonchev–Trinajstić information content (AvgIpc) is 2.85. The Morgan fingerprint density at radius 3 is 2.21 bits per heavy atom. The van der Waals surface area contributed by atoms with Crippen molar-refractivity contribution in [3.8, 4) is 23.0 Å². The van der Waals surface area contributed by atoms with Gasteiger partial charge in [-0.2, -0.15) is 0 Å². The SMILES string of the molecule is CC(Oc1ccc(C2=C(c3ccc(O)cc3)COc3cc(O)ccc32)cc1)N1CCCCC1. The molecule has 1 unspecified atom stereocenters. The smallest absolute Gasteiger partial charge is 0.149 e. The third-order valence-electron chi connectivity index (χ3n) is 6.48. The van der Waals surface area contributed by atoms with Crippen molar-refractivity contribution in [1.82, 2.24) is 4.90 Å². The molecule has 2 N–H and O–H groups in total. The van der Waals surface area contributed by atoms with Crippen molar-refractivity contribution in [2.24, 2.45) is 0 Å². The summed E-state index contributed by atoms with van der Waals surface area (Å²) in [5, 5.41) is 19.7. The van der Waals surface area contributed by atoms with Crippen LogP contribution in [0.4, 0.5) is 0 Å². The van der Waals surface area contributed by atoms with Gasteiger partial charge in [-0.3, -0.25) is 4.90 Å². The highest BCUT2D eigenvalue weighted by Gasteiger charge is 2.24. The van der Waals surface area contributed by atoms with Crippen molar-refractivity contribution in [1.29, 1.82) is 0 Å². The van der Waals surface area contributed by atoms with Gasteiger partial charge in [0.15, 0.2) is 0 Å². The zero-order valence-corrected chi connectivity index (χ0v) is 18.8. The Hall–Kier alpha value is -3.44. The van der Waals surface area contributed by atoms with Crippen molar-refractivity contribution < 1.29 is 19.7 Å². The summed E-state index contributed by atoms with van der Waals surface area (Å²) < 4.78 is 12.2. The maximum atomic E-state index is 9.94. The predicted octanol–water partition coefficient (Wildman–Crippen LogP) is 5.66. The zero-order valence-electron chi connectivity index (χ0n) is 18.8. The minimum absolute atomic E-state index is 0.0507. The fourth-order valence-corrected chi connectivity index (χ4v) is 4.70. The van der Waals surface area contributed by atoms with Gasteiger partial charge in [0.2, 0.25) is 0 Å². The standard InChI is InChI=1S/C28H29NO4/c1-19(29-15-3-2-4-16-29)33-24-12-7-21(8-13-24)28-25-14-11-23(31)17-27(25)32-18-26(28)20-5-9-22(30)10-6-20/h5-14,17,19,30-31H,2-4,15-16,18H2,1H3. The lowest BCUT2D eigenvalue weighted by Crippen LogP contribution is -2.40. The van der Waals surface area contributed by atoms with Crippen LogP contribution < -0.4 is 9.47 Å². The molecule has 0 bridgehead atoms. The maximum absolute atomic E-state index is 9.94. The number of benzene rings is 3. The molecule has 1 saturated heterocycles. The summed E-state index contributed by atoms with van der Waals surface area (Å²) in [6.07, 6.45) is 3.82. The first-order chi connectivity index (χ1) is 16.1. The van der Waals surface area contributed by atoms with Crippen LogP contribution in [0.25, 0.3) is 11.1 Å². The summed E-state index contributed by atoms with van der Waals surface area (Å²) in [5.41, 5.74) is 5.05. The molecule has 1 atom stereocenters. The van der Waals surface area contributed by atoms with Crippen molar-refractivity contribution >= 4 is 11.1 Å². The topological polar surface area (TPSA) is 62.2 Å². The Morgan fingerprint density at radius 1 is 0.818 bits per heavy atom. The highest BCUT2D eigenvalue weighted by Crippen LogP contribution is 2.42. The lowest BCUT2D eigenvalue weighted by Gasteiger charge is -2.32. The number of hydrogen-bond acceptors (Lipinski definition) is 5. The van der Waals surface area contributed by atoms with Crippen molar-refractivity contribution in [3.05, 3.63) is 83.4 Å². The molecule has 5 nitrogen and oxygen atoms in total. The van der Waals surface area contributed by atoms with Gasteiger partial charge in [-0.1, -0.05) is 30.7 Å². The van der Waals surface area contributed by atoms with Gasteiger partial charge in [-0.25, -0.2) is 0 Å². The number of phenols is 2. The first kappa shape index (κ1) is 21.4. The van der Waals surface area contributed by atoms with Gasteiger partial charge < -0.3 is 19.7 Å². The molecular weight excluding hydrogens is 414 g/mol. The number of fused-ring (bicyclic) bond motifs is 1. The van der Waals surface area contributed by atoms with E-state index >= 15 is 0 Å². The van der Waals surface area contributed by atoms with E-state index in [4.69, 9.17) is 9.47 Å². The van der Waals surface area contributed by atoms with Crippen LogP contribution in [0.5, 0.6) is 23.0 Å². The molecule has 0 aliphatic carbocycles. The van der Waals surface area contributed by atoms with Gasteiger partial charge >= 0.3 is 0 Å². The largest absolute Gasteiger partial charge is 0.508 e. The lowest BCUT2D eigenvalue weighted by atomic mass is 9.87. The number of hydrogen-bond donors (Lipinski definition) is 2. The lowest BCUT2D eigenvalue weighted by molar-refractivity contribution is 0.0262. The molecule has 1 fully saturated rings. The number of phenolic OH excluding ortho intramolecular Hbond substituents is 2. The van der Waals surface area contributed by atoms with Crippen LogP contribution in [0.3, 0.4) is 0 Å². The molecule has 0 saturated carbocycles. The molecule has 0 spiro atoms. The van der Waals surface area contributed by atoms with Crippen LogP contribution in [0.1, 0.15) is 42.9 Å². The van der Waals surface area contributed by atoms with E-state index in [1.807, 2.05) is 30.3 Å². The van der Waals surface area contributed by atoms with E-state index in [0.717, 1.165) is 46.7 Å². The maximum Gasteiger partial charge on any atom is 0.149 e. The number of piperidine rings is 1. The summed E-state index contributed by atoms with van der Waals surface area (Å²) >= 11 is 0. The fourth-order valence-electron chi connectivity index (χ4n) is 4.70. The Morgan fingerprint density at radius 2 is 1.48 bits per heavy atom. The van der Waals surface area contributed by atoms with Crippen LogP contribution >= 0.6 is 0 Å². The predicted molar refractivity (Wildman–Crippen MR) is 130 cm³/mol. The molecule has 2 aliphatic heterocycles. The van der Waals surface area contributed by atoms with E-state index in [-0.39, 0.29) is 17.7 Å². The third kappa shape index (κ3) is 4.55. The summed E-state index contributed by atoms with van der Waals surface area (Å²) in [7, 11) is 0. The Bertz CT molecular complexity index is 1150. The first-order valence-corrected chi connectivity index (χ1v) is 11.6. The Labute approximate surface area is 194 Å². The molecule has 0 radical (unpaired) electrons. The number of nitrogens with zero attached hydrogens (tertiary/aromatic N) is 1. The van der Waals surface area contributed by atoms with Crippen molar-refractivity contribution in [3.63, 3.8) is 0 Å². The summed E-state index contributed by atoms with van der Waals surface area (Å²) in [6, 6.07) is 20.6. The number of likely N-dealkylation sites (tertiary alicyclic amines) is 1. The molecule has 2 heterocycles. The van der Waals surface area contributed by atoms with Gasteiger partial charge in [-0.15, -0.1) is 0 Å². The summed E-state index contributed by atoms with van der Waals surface area (Å²) in [5.74, 6) is 1.91. The van der Waals surface area contributed by atoms with E-state index in [2.05, 4.69) is 24.0 Å². The van der Waals surface area contributed by atoms with E-state index in [9.17, 15) is 10.2 Å². The van der Waals surface area contributed by atoms with Gasteiger partial charge in [0.25, 0.3) is 0 Å². The molecule has 5 rings (SSSR count). The highest BCUT2D eigenvalue weighted by atomic mass is 16.5. The van der Waals surface area contributed by atoms with Crippen LogP contribution in [-0.4, -0.2) is 41.0 Å². The average molecular weight is 444 g/mol. The molecule has 33 heavy (non-hydrogen) atoms. The molecule has 3 aromatic rings. The Balaban J connectivity index is 1.49. The van der Waals surface area contributed by atoms with E-state index in [1.54, 1.807) is 24.3 Å². The normalized spacial score (nSPS) is 17.2. The minimum Gasteiger partial charge on any atom is -0.508 e. The number of aromatic hydroxyl groups is 2. The second-order valence-corrected chi connectivity index (χ2v) is 8.71. The van der Waals surface area contributed by atoms with Crippen LogP contribution in [-0.2, 0) is 0 Å². The fraction of sp³-hybridized carbons (Fsp3) is 0.286. The van der Waals surface area contributed by atoms with Gasteiger partial charge in [0.1, 0.15) is 35.8 Å². The van der Waals surface area contributed by atoms with Crippen LogP contribution in [0.15, 0.2) is 66.7 Å². The molecular formula is C28H29NO4. The van der Waals surface area contributed by atoms with E-state index in [1.165, 1.54) is 19.3 Å².